The number of anilines is 1. The Labute approximate surface area is 143 Å². The molecular weight excluding hydrogens is 359 g/mol. The standard InChI is InChI=1S/C12H13FN4OS.CH4O3S/c13-8-3-7(4-9(14)5-8)11-15-16-12(18)10-6-19-2-1-17(10)11;1-5(2,3)4/h3-5,10H,1-2,6,14H2,(H,16,18);1H3,(H,2,3,4). The molecule has 8 nitrogen and oxygen atoms in total. The largest absolute Gasteiger partial charge is 0.399 e. The minimum atomic E-state index is -3.67. The van der Waals surface area contributed by atoms with E-state index in [0.29, 0.717) is 23.3 Å². The zero-order valence-corrected chi connectivity index (χ0v) is 14.4. The number of hydrogen-bond donors (Lipinski definition) is 3. The molecule has 24 heavy (non-hydrogen) atoms. The normalized spacial score (nSPS) is 20.3. The third-order valence-electron chi connectivity index (χ3n) is 3.15. The van der Waals surface area contributed by atoms with Gasteiger partial charge in [-0.05, 0) is 18.2 Å². The topological polar surface area (TPSA) is 125 Å². The highest BCUT2D eigenvalue weighted by molar-refractivity contribution is 7.99. The van der Waals surface area contributed by atoms with Crippen LogP contribution in [0.5, 0.6) is 0 Å². The Balaban J connectivity index is 0.000000368. The number of nitrogens with zero attached hydrogens (tertiary/aromatic N) is 2. The van der Waals surface area contributed by atoms with Crippen molar-refractivity contribution >= 4 is 39.3 Å². The summed E-state index contributed by atoms with van der Waals surface area (Å²) in [4.78, 5) is 13.7. The lowest BCUT2D eigenvalue weighted by Gasteiger charge is -2.38. The second-order valence-corrected chi connectivity index (χ2v) is 7.82. The molecule has 3 rings (SSSR count). The van der Waals surface area contributed by atoms with Crippen LogP contribution < -0.4 is 11.2 Å². The fraction of sp³-hybridized carbons (Fsp3) is 0.385. The summed E-state index contributed by atoms with van der Waals surface area (Å²) >= 11 is 1.73. The number of carbonyl (C=O) groups is 1. The van der Waals surface area contributed by atoms with Gasteiger partial charge in [0.25, 0.3) is 16.0 Å². The van der Waals surface area contributed by atoms with Gasteiger partial charge < -0.3 is 10.6 Å². The van der Waals surface area contributed by atoms with Gasteiger partial charge in [-0.15, -0.1) is 0 Å². The summed E-state index contributed by atoms with van der Waals surface area (Å²) in [5, 5.41) is 4.06. The van der Waals surface area contributed by atoms with Crippen LogP contribution in [0.1, 0.15) is 5.56 Å². The van der Waals surface area contributed by atoms with Gasteiger partial charge in [0.05, 0.1) is 6.26 Å². The predicted molar refractivity (Wildman–Crippen MR) is 90.8 cm³/mol. The zero-order chi connectivity index (χ0) is 17.9. The second-order valence-electron chi connectivity index (χ2n) is 5.20. The van der Waals surface area contributed by atoms with Crippen LogP contribution >= 0.6 is 11.8 Å². The number of hydrazone groups is 1. The highest BCUT2D eigenvalue weighted by Crippen LogP contribution is 2.23. The van der Waals surface area contributed by atoms with Crippen molar-refractivity contribution in [2.45, 2.75) is 6.04 Å². The van der Waals surface area contributed by atoms with E-state index in [0.717, 1.165) is 18.1 Å². The summed E-state index contributed by atoms with van der Waals surface area (Å²) in [7, 11) is -3.67. The highest BCUT2D eigenvalue weighted by atomic mass is 32.2. The number of halogens is 1. The Hall–Kier alpha value is -1.85. The van der Waals surface area contributed by atoms with Crippen molar-refractivity contribution < 1.29 is 22.2 Å². The lowest BCUT2D eigenvalue weighted by atomic mass is 10.1. The minimum absolute atomic E-state index is 0.111. The predicted octanol–water partition coefficient (Wildman–Crippen LogP) is 0.121. The van der Waals surface area contributed by atoms with Crippen LogP contribution in [0.2, 0.25) is 0 Å². The average molecular weight is 376 g/mol. The van der Waals surface area contributed by atoms with Gasteiger partial charge in [-0.1, -0.05) is 0 Å². The van der Waals surface area contributed by atoms with Crippen LogP contribution in [0.3, 0.4) is 0 Å². The van der Waals surface area contributed by atoms with E-state index in [1.807, 2.05) is 4.90 Å². The third-order valence-corrected chi connectivity index (χ3v) is 4.18. The quantitative estimate of drug-likeness (QED) is 0.469. The number of hydrogen-bond acceptors (Lipinski definition) is 7. The van der Waals surface area contributed by atoms with Crippen molar-refractivity contribution in [2.75, 3.05) is 30.0 Å². The van der Waals surface area contributed by atoms with Crippen LogP contribution in [0.4, 0.5) is 10.1 Å². The van der Waals surface area contributed by atoms with Gasteiger partial charge in [0.1, 0.15) is 11.9 Å². The fourth-order valence-corrected chi connectivity index (χ4v) is 3.34. The number of nitrogens with one attached hydrogen (secondary N) is 1. The lowest BCUT2D eigenvalue weighted by Crippen LogP contribution is -2.57. The van der Waals surface area contributed by atoms with Crippen LogP contribution in [0.15, 0.2) is 23.3 Å². The second kappa shape index (κ2) is 7.36. The Morgan fingerprint density at radius 3 is 2.75 bits per heavy atom. The van der Waals surface area contributed by atoms with E-state index in [2.05, 4.69) is 10.5 Å². The number of fused-ring (bicyclic) bond motifs is 1. The molecule has 0 aliphatic carbocycles. The van der Waals surface area contributed by atoms with Gasteiger partial charge in [0.2, 0.25) is 0 Å². The smallest absolute Gasteiger partial charge is 0.263 e. The molecule has 2 aliphatic heterocycles. The van der Waals surface area contributed by atoms with E-state index in [-0.39, 0.29) is 11.9 Å². The molecule has 1 atom stereocenters. The maximum absolute atomic E-state index is 13.4. The molecule has 0 saturated carbocycles. The molecule has 1 fully saturated rings. The summed E-state index contributed by atoms with van der Waals surface area (Å²) in [5.41, 5.74) is 9.09. The van der Waals surface area contributed by atoms with E-state index in [9.17, 15) is 17.6 Å². The number of carbonyl (C=O) groups excluding carboxylic acids is 1. The zero-order valence-electron chi connectivity index (χ0n) is 12.8. The summed E-state index contributed by atoms with van der Waals surface area (Å²) in [5.74, 6) is 1.71. The molecule has 2 aliphatic rings. The first-order valence-corrected chi connectivity index (χ1v) is 9.86. The molecule has 4 N–H and O–H groups in total. The van der Waals surface area contributed by atoms with Gasteiger partial charge in [0.15, 0.2) is 5.84 Å². The SMILES string of the molecule is CS(=O)(=O)O.Nc1cc(F)cc(C2=NNC(=O)C3CSCCN23)c1. The molecule has 1 aromatic rings. The van der Waals surface area contributed by atoms with E-state index < -0.39 is 15.9 Å². The number of rotatable bonds is 1. The van der Waals surface area contributed by atoms with Crippen LogP contribution in [-0.2, 0) is 14.9 Å². The molecule has 1 aromatic carbocycles. The van der Waals surface area contributed by atoms with Crippen LogP contribution in [0, 0.1) is 5.82 Å². The monoisotopic (exact) mass is 376 g/mol. The number of amides is 1. The van der Waals surface area contributed by atoms with Gasteiger partial charge in [-0.2, -0.15) is 25.3 Å². The number of thioether (sulfide) groups is 1. The Morgan fingerprint density at radius 2 is 2.12 bits per heavy atom. The van der Waals surface area contributed by atoms with Crippen molar-refractivity contribution in [1.29, 1.82) is 0 Å². The average Bonchev–Trinajstić information content (AvgIpc) is 2.45. The number of nitrogen functional groups attached to an aromatic ring is 1. The highest BCUT2D eigenvalue weighted by Gasteiger charge is 2.35. The summed E-state index contributed by atoms with van der Waals surface area (Å²) < 4.78 is 39.3. The number of benzene rings is 1. The molecule has 11 heteroatoms. The molecule has 0 radical (unpaired) electrons. The van der Waals surface area contributed by atoms with E-state index in [1.165, 1.54) is 12.1 Å². The van der Waals surface area contributed by atoms with Gasteiger partial charge in [-0.3, -0.25) is 9.35 Å². The molecule has 132 valence electrons. The molecule has 0 bridgehead atoms. The molecule has 0 aromatic heterocycles. The molecule has 1 unspecified atom stereocenters. The summed E-state index contributed by atoms with van der Waals surface area (Å²) in [6, 6.07) is 4.06. The summed E-state index contributed by atoms with van der Waals surface area (Å²) in [6.45, 7) is 0.720. The number of nitrogens with two attached hydrogens (primary N) is 1. The molecular formula is C13H17FN4O4S2. The van der Waals surface area contributed by atoms with Crippen molar-refractivity contribution in [3.63, 3.8) is 0 Å². The molecule has 1 saturated heterocycles. The maximum Gasteiger partial charge on any atom is 0.263 e. The van der Waals surface area contributed by atoms with E-state index in [4.69, 9.17) is 10.3 Å². The van der Waals surface area contributed by atoms with E-state index >= 15 is 0 Å². The first-order valence-electron chi connectivity index (χ1n) is 6.86. The Kier molecular flexibility index (Phi) is 5.67. The number of amidine groups is 1. The Morgan fingerprint density at radius 1 is 1.46 bits per heavy atom. The van der Waals surface area contributed by atoms with Crippen LogP contribution in [0.25, 0.3) is 0 Å². The minimum Gasteiger partial charge on any atom is -0.399 e. The van der Waals surface area contributed by atoms with Crippen molar-refractivity contribution in [3.05, 3.63) is 29.6 Å². The first-order chi connectivity index (χ1) is 11.1. The lowest BCUT2D eigenvalue weighted by molar-refractivity contribution is -0.125. The summed E-state index contributed by atoms with van der Waals surface area (Å²) in [6.07, 6.45) is 0.715. The molecule has 2 heterocycles. The van der Waals surface area contributed by atoms with Gasteiger partial charge in [-0.25, -0.2) is 9.82 Å². The Bertz CT molecular complexity index is 741. The third kappa shape index (κ3) is 5.08. The van der Waals surface area contributed by atoms with Gasteiger partial charge in [0, 0.05) is 29.3 Å². The van der Waals surface area contributed by atoms with Crippen LogP contribution in [-0.4, -0.2) is 60.0 Å². The molecule has 1 amide bonds. The van der Waals surface area contributed by atoms with Gasteiger partial charge >= 0.3 is 0 Å². The van der Waals surface area contributed by atoms with Crippen molar-refractivity contribution in [2.24, 2.45) is 5.10 Å². The fourth-order valence-electron chi connectivity index (χ4n) is 2.29. The molecule has 0 spiro atoms. The maximum atomic E-state index is 13.4. The van der Waals surface area contributed by atoms with Crippen molar-refractivity contribution in [3.8, 4) is 0 Å². The van der Waals surface area contributed by atoms with E-state index in [1.54, 1.807) is 17.8 Å². The first kappa shape index (κ1) is 18.5. The van der Waals surface area contributed by atoms with Crippen molar-refractivity contribution in [1.82, 2.24) is 10.3 Å².